The van der Waals surface area contributed by atoms with Gasteiger partial charge in [0, 0.05) is 27.6 Å². The Morgan fingerprint density at radius 2 is 0.923 bits per heavy atom. The zero-order valence-electron chi connectivity index (χ0n) is 30.5. The first-order chi connectivity index (χ1) is 25.4. The summed E-state index contributed by atoms with van der Waals surface area (Å²) < 4.78 is 13.1. The fourth-order valence-electron chi connectivity index (χ4n) is 8.15. The summed E-state index contributed by atoms with van der Waals surface area (Å²) in [6.45, 7) is 11.2. The number of furan rings is 2. The van der Waals surface area contributed by atoms with Gasteiger partial charge in [-0.05, 0) is 135 Å². The zero-order chi connectivity index (χ0) is 35.5. The highest BCUT2D eigenvalue weighted by atomic mass is 16.3. The van der Waals surface area contributed by atoms with Crippen LogP contribution in [0.25, 0.3) is 88.4 Å². The van der Waals surface area contributed by atoms with Crippen molar-refractivity contribution in [3.8, 4) is 44.5 Å². The molecule has 0 aliphatic rings. The summed E-state index contributed by atoms with van der Waals surface area (Å²) in [5, 5.41) is 4.47. The van der Waals surface area contributed by atoms with E-state index in [2.05, 4.69) is 168 Å². The van der Waals surface area contributed by atoms with Gasteiger partial charge in [-0.2, -0.15) is 0 Å². The Morgan fingerprint density at radius 1 is 0.442 bits per heavy atom. The van der Waals surface area contributed by atoms with Gasteiger partial charge in [-0.3, -0.25) is 0 Å². The maximum atomic E-state index is 6.55. The van der Waals surface area contributed by atoms with E-state index in [0.717, 1.165) is 56.7 Å². The fourth-order valence-corrected chi connectivity index (χ4v) is 8.15. The number of benzene rings is 7. The van der Waals surface area contributed by atoms with Gasteiger partial charge in [-0.1, -0.05) is 112 Å². The van der Waals surface area contributed by atoms with E-state index in [1.165, 1.54) is 66.8 Å². The van der Waals surface area contributed by atoms with Crippen LogP contribution in [0.15, 0.2) is 142 Å². The zero-order valence-corrected chi connectivity index (χ0v) is 30.5. The Balaban J connectivity index is 1.23. The fraction of sp³-hybridized carbons (Fsp3) is 0.160. The third-order valence-electron chi connectivity index (χ3n) is 10.9. The van der Waals surface area contributed by atoms with Crippen LogP contribution in [0.3, 0.4) is 0 Å². The summed E-state index contributed by atoms with van der Waals surface area (Å²) in [4.78, 5) is 0. The van der Waals surface area contributed by atoms with Crippen LogP contribution in [-0.4, -0.2) is 0 Å². The summed E-state index contributed by atoms with van der Waals surface area (Å²) in [7, 11) is 0. The molecule has 7 aromatic carbocycles. The molecule has 0 N–H and O–H groups in total. The lowest BCUT2D eigenvalue weighted by Crippen LogP contribution is -1.95. The van der Waals surface area contributed by atoms with Gasteiger partial charge in [-0.15, -0.1) is 0 Å². The standard InChI is InChI=1S/C50H42O2/c1-6-13-35-18-19-36(33-14-9-7-10-15-33)24-41(35)39-26-43-45-28-46-44-27-40(42-25-37(20-21-38(42)30(2)3)34-16-11-8-12-17-34)32(5)23-48(44)52-50(46)29-49(45)51-47(43)22-31(39)4/h7-12,14-30H,6,13H2,1-5H3. The molecule has 2 aromatic heterocycles. The smallest absolute Gasteiger partial charge is 0.139 e. The number of fused-ring (bicyclic) bond motifs is 6. The van der Waals surface area contributed by atoms with Gasteiger partial charge in [0.25, 0.3) is 0 Å². The quantitative estimate of drug-likeness (QED) is 0.168. The average molecular weight is 675 g/mol. The second-order valence-corrected chi connectivity index (χ2v) is 14.7. The average Bonchev–Trinajstić information content (AvgIpc) is 3.69. The van der Waals surface area contributed by atoms with Gasteiger partial charge in [0.05, 0.1) is 0 Å². The number of hydrogen-bond donors (Lipinski definition) is 0. The van der Waals surface area contributed by atoms with Gasteiger partial charge in [0.2, 0.25) is 0 Å². The first kappa shape index (κ1) is 32.1. The molecule has 254 valence electrons. The molecule has 52 heavy (non-hydrogen) atoms. The molecule has 0 saturated carbocycles. The molecule has 0 atom stereocenters. The van der Waals surface area contributed by atoms with E-state index in [4.69, 9.17) is 8.83 Å². The van der Waals surface area contributed by atoms with Gasteiger partial charge in [-0.25, -0.2) is 0 Å². The maximum Gasteiger partial charge on any atom is 0.139 e. The highest BCUT2D eigenvalue weighted by molar-refractivity contribution is 6.16. The Labute approximate surface area is 305 Å². The Hall–Kier alpha value is -5.86. The van der Waals surface area contributed by atoms with E-state index >= 15 is 0 Å². The summed E-state index contributed by atoms with van der Waals surface area (Å²) in [5.74, 6) is 0.386. The predicted octanol–water partition coefficient (Wildman–Crippen LogP) is 14.8. The molecule has 2 heterocycles. The monoisotopic (exact) mass is 674 g/mol. The molecule has 2 nitrogen and oxygen atoms in total. The molecule has 0 unspecified atom stereocenters. The first-order valence-corrected chi connectivity index (χ1v) is 18.6. The molecule has 0 bridgehead atoms. The predicted molar refractivity (Wildman–Crippen MR) is 220 cm³/mol. The van der Waals surface area contributed by atoms with Crippen molar-refractivity contribution in [2.75, 3.05) is 0 Å². The highest BCUT2D eigenvalue weighted by Crippen LogP contribution is 2.43. The molecule has 0 radical (unpaired) electrons. The number of aryl methyl sites for hydroxylation is 3. The molecule has 9 rings (SSSR count). The normalized spacial score (nSPS) is 11.9. The summed E-state index contributed by atoms with van der Waals surface area (Å²) in [6, 6.07) is 48.7. The Bertz CT molecular complexity index is 2780. The summed E-state index contributed by atoms with van der Waals surface area (Å²) >= 11 is 0. The second kappa shape index (κ2) is 12.7. The first-order valence-electron chi connectivity index (χ1n) is 18.6. The Morgan fingerprint density at radius 3 is 1.46 bits per heavy atom. The van der Waals surface area contributed by atoms with Crippen LogP contribution in [-0.2, 0) is 6.42 Å². The third-order valence-corrected chi connectivity index (χ3v) is 10.9. The van der Waals surface area contributed by atoms with E-state index in [0.29, 0.717) is 5.92 Å². The summed E-state index contributed by atoms with van der Waals surface area (Å²) in [6.07, 6.45) is 2.13. The summed E-state index contributed by atoms with van der Waals surface area (Å²) in [5.41, 5.74) is 18.6. The largest absolute Gasteiger partial charge is 0.456 e. The Kier molecular flexibility index (Phi) is 7.85. The van der Waals surface area contributed by atoms with Crippen LogP contribution in [0.1, 0.15) is 55.4 Å². The minimum atomic E-state index is 0.386. The third kappa shape index (κ3) is 5.42. The molecule has 0 saturated heterocycles. The number of hydrogen-bond acceptors (Lipinski definition) is 2. The minimum Gasteiger partial charge on any atom is -0.456 e. The van der Waals surface area contributed by atoms with Gasteiger partial charge in [0.15, 0.2) is 0 Å². The van der Waals surface area contributed by atoms with Crippen molar-refractivity contribution in [1.29, 1.82) is 0 Å². The molecular weight excluding hydrogens is 633 g/mol. The minimum absolute atomic E-state index is 0.386. The van der Waals surface area contributed by atoms with E-state index in [-0.39, 0.29) is 0 Å². The lowest BCUT2D eigenvalue weighted by atomic mass is 9.87. The second-order valence-electron chi connectivity index (χ2n) is 14.7. The van der Waals surface area contributed by atoms with Crippen LogP contribution in [0.2, 0.25) is 0 Å². The molecular formula is C50H42O2. The van der Waals surface area contributed by atoms with Gasteiger partial charge in [0.1, 0.15) is 22.3 Å². The van der Waals surface area contributed by atoms with Crippen molar-refractivity contribution < 1.29 is 8.83 Å². The van der Waals surface area contributed by atoms with Crippen LogP contribution >= 0.6 is 0 Å². The molecule has 2 heteroatoms. The van der Waals surface area contributed by atoms with Gasteiger partial charge >= 0.3 is 0 Å². The van der Waals surface area contributed by atoms with Crippen LogP contribution in [0.4, 0.5) is 0 Å². The van der Waals surface area contributed by atoms with Crippen molar-refractivity contribution in [3.05, 3.63) is 156 Å². The molecule has 0 aliphatic heterocycles. The van der Waals surface area contributed by atoms with Crippen molar-refractivity contribution in [2.24, 2.45) is 0 Å². The highest BCUT2D eigenvalue weighted by Gasteiger charge is 2.20. The molecule has 0 amide bonds. The van der Waals surface area contributed by atoms with E-state index in [9.17, 15) is 0 Å². The lowest BCUT2D eigenvalue weighted by molar-refractivity contribution is 0.656. The van der Waals surface area contributed by atoms with Crippen molar-refractivity contribution in [1.82, 2.24) is 0 Å². The molecule has 0 aliphatic carbocycles. The van der Waals surface area contributed by atoms with Crippen molar-refractivity contribution >= 4 is 43.9 Å². The molecule has 0 fully saturated rings. The maximum absolute atomic E-state index is 6.55. The van der Waals surface area contributed by atoms with Crippen LogP contribution < -0.4 is 0 Å². The van der Waals surface area contributed by atoms with Gasteiger partial charge < -0.3 is 8.83 Å². The van der Waals surface area contributed by atoms with E-state index in [1.54, 1.807) is 0 Å². The number of rotatable bonds is 7. The van der Waals surface area contributed by atoms with E-state index in [1.807, 2.05) is 0 Å². The SMILES string of the molecule is CCCc1ccc(-c2ccccc2)cc1-c1cc2c(cc1C)oc1cc3oc4cc(C)c(-c5cc(-c6ccccc6)ccc5C(C)C)cc4c3cc12. The lowest BCUT2D eigenvalue weighted by Gasteiger charge is -2.17. The van der Waals surface area contributed by atoms with Crippen molar-refractivity contribution in [2.45, 2.75) is 53.4 Å². The van der Waals surface area contributed by atoms with E-state index < -0.39 is 0 Å². The van der Waals surface area contributed by atoms with Crippen LogP contribution in [0.5, 0.6) is 0 Å². The molecule has 9 aromatic rings. The van der Waals surface area contributed by atoms with Crippen LogP contribution in [0, 0.1) is 13.8 Å². The van der Waals surface area contributed by atoms with Crippen molar-refractivity contribution in [3.63, 3.8) is 0 Å². The topological polar surface area (TPSA) is 26.3 Å². The molecule has 0 spiro atoms.